The Labute approximate surface area is 148 Å². The van der Waals surface area contributed by atoms with E-state index in [-0.39, 0.29) is 17.9 Å². The van der Waals surface area contributed by atoms with Crippen molar-refractivity contribution < 1.29 is 19.4 Å². The highest BCUT2D eigenvalue weighted by molar-refractivity contribution is 5.92. The lowest BCUT2D eigenvalue weighted by molar-refractivity contribution is -0.194. The van der Waals surface area contributed by atoms with Crippen molar-refractivity contribution in [2.24, 2.45) is 5.41 Å². The SMILES string of the molecule is CCOC1CC(NC(=O)C2CCCc3ccccc32)(C(=O)O)C1(C)C. The number of nitrogens with one attached hydrogen (secondary N) is 1. The van der Waals surface area contributed by atoms with Gasteiger partial charge in [-0.1, -0.05) is 38.1 Å². The van der Waals surface area contributed by atoms with E-state index in [1.807, 2.05) is 39.0 Å². The molecule has 2 aliphatic rings. The predicted molar refractivity (Wildman–Crippen MR) is 94.4 cm³/mol. The number of aliphatic carboxylic acids is 1. The molecule has 3 unspecified atom stereocenters. The van der Waals surface area contributed by atoms with Crippen LogP contribution in [0.5, 0.6) is 0 Å². The summed E-state index contributed by atoms with van der Waals surface area (Å²) in [6.07, 6.45) is 2.83. The third-order valence-corrected chi connectivity index (χ3v) is 6.15. The third kappa shape index (κ3) is 2.74. The van der Waals surface area contributed by atoms with Crippen LogP contribution in [0.4, 0.5) is 0 Å². The van der Waals surface area contributed by atoms with Gasteiger partial charge in [0, 0.05) is 18.4 Å². The minimum Gasteiger partial charge on any atom is -0.479 e. The molecule has 0 bridgehead atoms. The summed E-state index contributed by atoms with van der Waals surface area (Å²) < 4.78 is 5.67. The lowest BCUT2D eigenvalue weighted by Gasteiger charge is -2.58. The Hall–Kier alpha value is -1.88. The van der Waals surface area contributed by atoms with Gasteiger partial charge in [-0.2, -0.15) is 0 Å². The Bertz CT molecular complexity index is 684. The van der Waals surface area contributed by atoms with E-state index < -0.39 is 16.9 Å². The van der Waals surface area contributed by atoms with Gasteiger partial charge in [-0.25, -0.2) is 4.79 Å². The van der Waals surface area contributed by atoms with Crippen LogP contribution < -0.4 is 5.32 Å². The Balaban J connectivity index is 1.83. The summed E-state index contributed by atoms with van der Waals surface area (Å²) in [6, 6.07) is 7.97. The first-order valence-electron chi connectivity index (χ1n) is 9.08. The maximum Gasteiger partial charge on any atom is 0.330 e. The number of carboxylic acids is 1. The summed E-state index contributed by atoms with van der Waals surface area (Å²) in [4.78, 5) is 25.1. The molecule has 0 spiro atoms. The van der Waals surface area contributed by atoms with Crippen LogP contribution in [0.1, 0.15) is 57.1 Å². The summed E-state index contributed by atoms with van der Waals surface area (Å²) in [7, 11) is 0. The Kier molecular flexibility index (Phi) is 4.62. The van der Waals surface area contributed by atoms with Crippen molar-refractivity contribution in [1.82, 2.24) is 5.32 Å². The Morgan fingerprint density at radius 1 is 1.32 bits per heavy atom. The number of hydrogen-bond donors (Lipinski definition) is 2. The van der Waals surface area contributed by atoms with E-state index in [1.54, 1.807) is 0 Å². The van der Waals surface area contributed by atoms with Gasteiger partial charge in [-0.05, 0) is 37.3 Å². The van der Waals surface area contributed by atoms with Crippen LogP contribution in [0, 0.1) is 5.41 Å². The summed E-state index contributed by atoms with van der Waals surface area (Å²) in [6.45, 7) is 6.15. The fraction of sp³-hybridized carbons (Fsp3) is 0.600. The number of carboxylic acid groups (broad SMARTS) is 1. The van der Waals surface area contributed by atoms with Gasteiger partial charge in [0.25, 0.3) is 0 Å². The molecule has 0 aromatic heterocycles. The minimum absolute atomic E-state index is 0.160. The van der Waals surface area contributed by atoms with E-state index in [9.17, 15) is 14.7 Å². The van der Waals surface area contributed by atoms with Gasteiger partial charge in [0.05, 0.1) is 12.0 Å². The molecule has 5 nitrogen and oxygen atoms in total. The number of benzene rings is 1. The number of fused-ring (bicyclic) bond motifs is 1. The molecule has 3 rings (SSSR count). The highest BCUT2D eigenvalue weighted by atomic mass is 16.5. The second-order valence-electron chi connectivity index (χ2n) is 7.71. The van der Waals surface area contributed by atoms with E-state index in [1.165, 1.54) is 5.56 Å². The quantitative estimate of drug-likeness (QED) is 0.860. The number of hydrogen-bond acceptors (Lipinski definition) is 3. The van der Waals surface area contributed by atoms with Crippen LogP contribution in [-0.4, -0.2) is 35.2 Å². The molecule has 1 aromatic rings. The van der Waals surface area contributed by atoms with Gasteiger partial charge < -0.3 is 15.2 Å². The van der Waals surface area contributed by atoms with Crippen LogP contribution in [0.2, 0.25) is 0 Å². The van der Waals surface area contributed by atoms with Crippen molar-refractivity contribution in [3.8, 4) is 0 Å². The highest BCUT2D eigenvalue weighted by Crippen LogP contribution is 2.52. The number of amides is 1. The lowest BCUT2D eigenvalue weighted by Crippen LogP contribution is -2.76. The van der Waals surface area contributed by atoms with E-state index in [0.717, 1.165) is 24.8 Å². The zero-order valence-electron chi connectivity index (χ0n) is 15.2. The molecule has 1 aromatic carbocycles. The molecule has 2 N–H and O–H groups in total. The standard InChI is InChI=1S/C20H27NO4/c1-4-25-16-12-20(18(23)24,19(16,2)3)21-17(22)15-11-7-9-13-8-5-6-10-14(13)15/h5-6,8,10,15-16H,4,7,9,11-12H2,1-3H3,(H,21,22)(H,23,24). The largest absolute Gasteiger partial charge is 0.479 e. The molecule has 1 amide bonds. The molecule has 3 atom stereocenters. The van der Waals surface area contributed by atoms with Crippen molar-refractivity contribution in [2.75, 3.05) is 6.61 Å². The van der Waals surface area contributed by atoms with E-state index in [4.69, 9.17) is 4.74 Å². The minimum atomic E-state index is -1.27. The molecule has 0 saturated heterocycles. The maximum atomic E-state index is 13.0. The van der Waals surface area contributed by atoms with Crippen molar-refractivity contribution in [3.05, 3.63) is 35.4 Å². The molecule has 0 radical (unpaired) electrons. The fourth-order valence-electron chi connectivity index (χ4n) is 4.36. The summed E-state index contributed by atoms with van der Waals surface area (Å²) in [5.41, 5.74) is 0.304. The summed E-state index contributed by atoms with van der Waals surface area (Å²) in [5, 5.41) is 12.8. The normalized spacial score (nSPS) is 30.0. The van der Waals surface area contributed by atoms with Crippen molar-refractivity contribution in [2.45, 2.75) is 64.0 Å². The van der Waals surface area contributed by atoms with Gasteiger partial charge in [0.1, 0.15) is 5.54 Å². The van der Waals surface area contributed by atoms with E-state index in [2.05, 4.69) is 11.4 Å². The molecular formula is C20H27NO4. The maximum absolute atomic E-state index is 13.0. The van der Waals surface area contributed by atoms with Crippen LogP contribution in [0.3, 0.4) is 0 Å². The zero-order valence-corrected chi connectivity index (χ0v) is 15.2. The number of carbonyl (C=O) groups excluding carboxylic acids is 1. The number of aryl methyl sites for hydroxylation is 1. The molecule has 5 heteroatoms. The predicted octanol–water partition coefficient (Wildman–Crippen LogP) is 2.88. The van der Waals surface area contributed by atoms with Crippen LogP contribution in [0.15, 0.2) is 24.3 Å². The molecule has 0 aliphatic heterocycles. The number of rotatable bonds is 5. The highest BCUT2D eigenvalue weighted by Gasteiger charge is 2.66. The van der Waals surface area contributed by atoms with Gasteiger partial charge in [-0.15, -0.1) is 0 Å². The van der Waals surface area contributed by atoms with Crippen molar-refractivity contribution in [1.29, 1.82) is 0 Å². The average Bonchev–Trinajstić information content (AvgIpc) is 2.59. The molecule has 1 saturated carbocycles. The molecule has 1 fully saturated rings. The van der Waals surface area contributed by atoms with Crippen molar-refractivity contribution in [3.63, 3.8) is 0 Å². The first-order chi connectivity index (χ1) is 11.8. The Morgan fingerprint density at radius 2 is 2.04 bits per heavy atom. The molecule has 136 valence electrons. The van der Waals surface area contributed by atoms with Gasteiger partial charge in [0.2, 0.25) is 5.91 Å². The third-order valence-electron chi connectivity index (χ3n) is 6.15. The van der Waals surface area contributed by atoms with Crippen molar-refractivity contribution >= 4 is 11.9 Å². The van der Waals surface area contributed by atoms with Gasteiger partial charge in [0.15, 0.2) is 0 Å². The van der Waals surface area contributed by atoms with Crippen LogP contribution >= 0.6 is 0 Å². The Morgan fingerprint density at radius 3 is 2.68 bits per heavy atom. The second-order valence-corrected chi connectivity index (χ2v) is 7.71. The second kappa shape index (κ2) is 6.45. The van der Waals surface area contributed by atoms with Gasteiger partial charge in [-0.3, -0.25) is 4.79 Å². The van der Waals surface area contributed by atoms with E-state index >= 15 is 0 Å². The zero-order chi connectivity index (χ0) is 18.2. The number of ether oxygens (including phenoxy) is 1. The lowest BCUT2D eigenvalue weighted by atomic mass is 9.54. The smallest absolute Gasteiger partial charge is 0.330 e. The molecular weight excluding hydrogens is 318 g/mol. The van der Waals surface area contributed by atoms with Gasteiger partial charge >= 0.3 is 5.97 Å². The van der Waals surface area contributed by atoms with Crippen LogP contribution in [0.25, 0.3) is 0 Å². The fourth-order valence-corrected chi connectivity index (χ4v) is 4.36. The molecule has 25 heavy (non-hydrogen) atoms. The molecule has 0 heterocycles. The van der Waals surface area contributed by atoms with E-state index in [0.29, 0.717) is 13.0 Å². The first kappa shape index (κ1) is 17.9. The van der Waals surface area contributed by atoms with Crippen LogP contribution in [-0.2, 0) is 20.7 Å². The topological polar surface area (TPSA) is 75.6 Å². The summed E-state index contributed by atoms with van der Waals surface area (Å²) >= 11 is 0. The summed E-state index contributed by atoms with van der Waals surface area (Å²) in [5.74, 6) is -1.44. The molecule has 2 aliphatic carbocycles. The number of carbonyl (C=O) groups is 2. The average molecular weight is 345 g/mol. The first-order valence-corrected chi connectivity index (χ1v) is 9.08. The monoisotopic (exact) mass is 345 g/mol.